The Balaban J connectivity index is 2.23. The van der Waals surface area contributed by atoms with Crippen LogP contribution >= 0.6 is 0 Å². The Hall–Kier alpha value is -1.58. The van der Waals surface area contributed by atoms with Crippen LogP contribution in [0.2, 0.25) is 0 Å². The fraction of sp³-hybridized carbons (Fsp3) is 0.538. The summed E-state index contributed by atoms with van der Waals surface area (Å²) in [5, 5.41) is 14.3. The molecule has 0 amide bonds. The molecule has 0 aromatic heterocycles. The quantitative estimate of drug-likeness (QED) is 0.639. The monoisotopic (exact) mass is 234 g/mol. The second-order valence-electron chi connectivity index (χ2n) is 4.93. The van der Waals surface area contributed by atoms with Gasteiger partial charge >= 0.3 is 0 Å². The van der Waals surface area contributed by atoms with Gasteiger partial charge in [0.05, 0.1) is 4.92 Å². The molecular weight excluding hydrogens is 216 g/mol. The Morgan fingerprint density at radius 2 is 2.12 bits per heavy atom. The van der Waals surface area contributed by atoms with Crippen LogP contribution in [-0.4, -0.2) is 10.5 Å². The van der Waals surface area contributed by atoms with Gasteiger partial charge in [0.15, 0.2) is 0 Å². The number of non-ortho nitro benzene ring substituents is 1. The molecule has 0 radical (unpaired) electrons. The van der Waals surface area contributed by atoms with Crippen LogP contribution in [-0.2, 0) is 0 Å². The summed E-state index contributed by atoms with van der Waals surface area (Å²) >= 11 is 0. The van der Waals surface area contributed by atoms with E-state index in [-0.39, 0.29) is 16.1 Å². The van der Waals surface area contributed by atoms with Gasteiger partial charge in [-0.2, -0.15) is 0 Å². The molecule has 0 unspecified atom stereocenters. The molecular formula is C13H18N2O2. The van der Waals surface area contributed by atoms with Crippen LogP contribution in [0.3, 0.4) is 0 Å². The van der Waals surface area contributed by atoms with E-state index in [0.29, 0.717) is 0 Å². The lowest BCUT2D eigenvalue weighted by Crippen LogP contribution is -2.44. The molecule has 0 spiro atoms. The van der Waals surface area contributed by atoms with Crippen molar-refractivity contribution in [3.8, 4) is 0 Å². The smallest absolute Gasteiger partial charge is 0.271 e. The molecule has 0 aliphatic heterocycles. The van der Waals surface area contributed by atoms with Crippen LogP contribution in [0.1, 0.15) is 38.2 Å². The first-order valence-corrected chi connectivity index (χ1v) is 6.09. The lowest BCUT2D eigenvalue weighted by molar-refractivity contribution is -0.384. The van der Waals surface area contributed by atoms with E-state index < -0.39 is 0 Å². The molecule has 17 heavy (non-hydrogen) atoms. The number of benzene rings is 1. The van der Waals surface area contributed by atoms with Crippen LogP contribution < -0.4 is 5.32 Å². The van der Waals surface area contributed by atoms with Crippen molar-refractivity contribution in [1.29, 1.82) is 0 Å². The average Bonchev–Trinajstić information content (AvgIpc) is 2.22. The summed E-state index contributed by atoms with van der Waals surface area (Å²) in [4.78, 5) is 10.5. The van der Waals surface area contributed by atoms with Crippen molar-refractivity contribution in [1.82, 2.24) is 0 Å². The molecule has 0 atom stereocenters. The highest BCUT2D eigenvalue weighted by Crippen LogP contribution is 2.38. The van der Waals surface area contributed by atoms with Gasteiger partial charge in [-0.1, -0.05) is 6.92 Å². The Morgan fingerprint density at radius 1 is 1.41 bits per heavy atom. The predicted molar refractivity (Wildman–Crippen MR) is 68.3 cm³/mol. The number of aryl methyl sites for hydroxylation is 1. The van der Waals surface area contributed by atoms with Gasteiger partial charge in [0.25, 0.3) is 5.69 Å². The van der Waals surface area contributed by atoms with Crippen molar-refractivity contribution in [3.63, 3.8) is 0 Å². The summed E-state index contributed by atoms with van der Waals surface area (Å²) in [5.74, 6) is 0. The first-order valence-electron chi connectivity index (χ1n) is 6.09. The van der Waals surface area contributed by atoms with E-state index >= 15 is 0 Å². The van der Waals surface area contributed by atoms with Crippen LogP contribution in [0, 0.1) is 17.0 Å². The third kappa shape index (κ3) is 2.40. The predicted octanol–water partition coefficient (Wildman–Crippen LogP) is 3.65. The first-order chi connectivity index (χ1) is 8.04. The summed E-state index contributed by atoms with van der Waals surface area (Å²) < 4.78 is 0. The minimum Gasteiger partial charge on any atom is -0.379 e. The van der Waals surface area contributed by atoms with Gasteiger partial charge in [-0.05, 0) is 44.2 Å². The second-order valence-corrected chi connectivity index (χ2v) is 4.93. The first kappa shape index (κ1) is 11.9. The largest absolute Gasteiger partial charge is 0.379 e. The van der Waals surface area contributed by atoms with E-state index in [2.05, 4.69) is 12.2 Å². The topological polar surface area (TPSA) is 55.2 Å². The fourth-order valence-corrected chi connectivity index (χ4v) is 2.42. The lowest BCUT2D eigenvalue weighted by atomic mass is 9.74. The SMILES string of the molecule is CCC1(Nc2cc(C)cc([N+](=O)[O-])c2)CCC1. The van der Waals surface area contributed by atoms with Crippen molar-refractivity contribution >= 4 is 11.4 Å². The third-order valence-electron chi connectivity index (χ3n) is 3.67. The van der Waals surface area contributed by atoms with Gasteiger partial charge in [-0.3, -0.25) is 10.1 Å². The third-order valence-corrected chi connectivity index (χ3v) is 3.67. The van der Waals surface area contributed by atoms with Gasteiger partial charge in [0.2, 0.25) is 0 Å². The molecule has 4 heteroatoms. The van der Waals surface area contributed by atoms with E-state index in [9.17, 15) is 10.1 Å². The summed E-state index contributed by atoms with van der Waals surface area (Å²) in [6.07, 6.45) is 4.62. The highest BCUT2D eigenvalue weighted by atomic mass is 16.6. The summed E-state index contributed by atoms with van der Waals surface area (Å²) in [5.41, 5.74) is 2.13. The lowest BCUT2D eigenvalue weighted by Gasteiger charge is -2.43. The number of hydrogen-bond acceptors (Lipinski definition) is 3. The standard InChI is InChI=1S/C13H18N2O2/c1-3-13(5-4-6-13)14-11-7-10(2)8-12(9-11)15(16)17/h7-9,14H,3-6H2,1-2H3. The highest BCUT2D eigenvalue weighted by Gasteiger charge is 2.35. The molecule has 0 heterocycles. The van der Waals surface area contributed by atoms with Crippen LogP contribution in [0.15, 0.2) is 18.2 Å². The maximum absolute atomic E-state index is 10.8. The van der Waals surface area contributed by atoms with E-state index in [1.54, 1.807) is 12.1 Å². The highest BCUT2D eigenvalue weighted by molar-refractivity contribution is 5.55. The number of rotatable bonds is 4. The Bertz CT molecular complexity index is 434. The maximum atomic E-state index is 10.8. The Labute approximate surface area is 101 Å². The van der Waals surface area contributed by atoms with Crippen LogP contribution in [0.25, 0.3) is 0 Å². The molecule has 1 aliphatic rings. The number of anilines is 1. The van der Waals surface area contributed by atoms with Gasteiger partial charge in [-0.25, -0.2) is 0 Å². The van der Waals surface area contributed by atoms with Crippen molar-refractivity contribution in [2.45, 2.75) is 45.1 Å². The minimum absolute atomic E-state index is 0.165. The molecule has 4 nitrogen and oxygen atoms in total. The summed E-state index contributed by atoms with van der Waals surface area (Å²) in [6, 6.07) is 5.20. The average molecular weight is 234 g/mol. The summed E-state index contributed by atoms with van der Waals surface area (Å²) in [7, 11) is 0. The van der Waals surface area contributed by atoms with Crippen LogP contribution in [0.5, 0.6) is 0 Å². The molecule has 92 valence electrons. The molecule has 1 aromatic rings. The van der Waals surface area contributed by atoms with Crippen molar-refractivity contribution < 1.29 is 4.92 Å². The molecule has 2 rings (SSSR count). The van der Waals surface area contributed by atoms with E-state index in [0.717, 1.165) is 30.5 Å². The maximum Gasteiger partial charge on any atom is 0.271 e. The van der Waals surface area contributed by atoms with Crippen LogP contribution in [0.4, 0.5) is 11.4 Å². The normalized spacial score (nSPS) is 17.3. The van der Waals surface area contributed by atoms with E-state index in [1.807, 2.05) is 13.0 Å². The summed E-state index contributed by atoms with van der Waals surface area (Å²) in [6.45, 7) is 4.05. The molecule has 1 N–H and O–H groups in total. The zero-order valence-corrected chi connectivity index (χ0v) is 10.3. The number of hydrogen-bond donors (Lipinski definition) is 1. The Kier molecular flexibility index (Phi) is 3.05. The molecule has 0 saturated heterocycles. The minimum atomic E-state index is -0.336. The molecule has 1 aliphatic carbocycles. The molecule has 0 bridgehead atoms. The zero-order chi connectivity index (χ0) is 12.5. The fourth-order valence-electron chi connectivity index (χ4n) is 2.42. The molecule has 1 fully saturated rings. The van der Waals surface area contributed by atoms with Crippen molar-refractivity contribution in [2.24, 2.45) is 0 Å². The number of nitro groups is 1. The number of nitrogens with zero attached hydrogens (tertiary/aromatic N) is 1. The number of nitro benzene ring substituents is 1. The van der Waals surface area contributed by atoms with Gasteiger partial charge in [0.1, 0.15) is 0 Å². The molecule has 1 aromatic carbocycles. The van der Waals surface area contributed by atoms with Gasteiger partial charge in [-0.15, -0.1) is 0 Å². The number of nitrogens with one attached hydrogen (secondary N) is 1. The van der Waals surface area contributed by atoms with E-state index in [4.69, 9.17) is 0 Å². The van der Waals surface area contributed by atoms with E-state index in [1.165, 1.54) is 6.42 Å². The van der Waals surface area contributed by atoms with Crippen molar-refractivity contribution in [3.05, 3.63) is 33.9 Å². The van der Waals surface area contributed by atoms with Gasteiger partial charge in [0, 0.05) is 23.4 Å². The van der Waals surface area contributed by atoms with Gasteiger partial charge < -0.3 is 5.32 Å². The molecule has 1 saturated carbocycles. The zero-order valence-electron chi connectivity index (χ0n) is 10.3. The second kappa shape index (κ2) is 4.35. The Morgan fingerprint density at radius 3 is 2.59 bits per heavy atom. The van der Waals surface area contributed by atoms with Crippen molar-refractivity contribution in [2.75, 3.05) is 5.32 Å².